The average molecular weight is 414 g/mol. The second-order valence-corrected chi connectivity index (χ2v) is 8.46. The minimum absolute atomic E-state index is 0.00239. The van der Waals surface area contributed by atoms with Gasteiger partial charge in [-0.1, -0.05) is 19.0 Å². The molecule has 0 bridgehead atoms. The summed E-state index contributed by atoms with van der Waals surface area (Å²) in [7, 11) is 0. The van der Waals surface area contributed by atoms with Gasteiger partial charge < -0.3 is 14.3 Å². The first kappa shape index (κ1) is 21.9. The number of amides is 2. The van der Waals surface area contributed by atoms with Crippen molar-refractivity contribution in [3.8, 4) is 0 Å². The van der Waals surface area contributed by atoms with Crippen molar-refractivity contribution in [2.24, 2.45) is 5.92 Å². The molecule has 3 rings (SSSR count). The van der Waals surface area contributed by atoms with E-state index in [4.69, 9.17) is 4.52 Å². The standard InChI is InChI=1S/C22H31N5O3/c1-15(2)10-21-24-20(25-30-21)7-9-27(17(4)28)19-6-5-8-26(14-19)22(29)18-11-16(3)12-23-13-18/h11-13,15,19H,5-10,14H2,1-4H3. The largest absolute Gasteiger partial charge is 0.339 e. The van der Waals surface area contributed by atoms with Gasteiger partial charge in [-0.05, 0) is 37.3 Å². The predicted octanol–water partition coefficient (Wildman–Crippen LogP) is 2.67. The molecule has 1 aliphatic rings. The molecule has 2 aromatic heterocycles. The normalized spacial score (nSPS) is 16.7. The van der Waals surface area contributed by atoms with Crippen LogP contribution in [0.2, 0.25) is 0 Å². The molecule has 2 aromatic rings. The molecule has 0 N–H and O–H groups in total. The Morgan fingerprint density at radius 3 is 2.83 bits per heavy atom. The number of rotatable bonds is 7. The van der Waals surface area contributed by atoms with Crippen molar-refractivity contribution in [2.75, 3.05) is 19.6 Å². The van der Waals surface area contributed by atoms with Gasteiger partial charge in [-0.2, -0.15) is 4.98 Å². The van der Waals surface area contributed by atoms with Crippen molar-refractivity contribution in [3.05, 3.63) is 41.3 Å². The van der Waals surface area contributed by atoms with Gasteiger partial charge in [0.2, 0.25) is 11.8 Å². The quantitative estimate of drug-likeness (QED) is 0.693. The molecule has 0 spiro atoms. The highest BCUT2D eigenvalue weighted by Crippen LogP contribution is 2.19. The first-order valence-corrected chi connectivity index (χ1v) is 10.6. The summed E-state index contributed by atoms with van der Waals surface area (Å²) in [6.07, 6.45) is 6.36. The van der Waals surface area contributed by atoms with E-state index in [2.05, 4.69) is 29.0 Å². The van der Waals surface area contributed by atoms with E-state index in [0.29, 0.717) is 49.3 Å². The molecule has 162 valence electrons. The first-order chi connectivity index (χ1) is 14.3. The monoisotopic (exact) mass is 413 g/mol. The Hall–Kier alpha value is -2.77. The zero-order valence-electron chi connectivity index (χ0n) is 18.3. The summed E-state index contributed by atoms with van der Waals surface area (Å²) >= 11 is 0. The van der Waals surface area contributed by atoms with E-state index in [1.165, 1.54) is 0 Å². The van der Waals surface area contributed by atoms with Crippen LogP contribution in [-0.4, -0.2) is 62.4 Å². The average Bonchev–Trinajstić information content (AvgIpc) is 3.14. The van der Waals surface area contributed by atoms with E-state index < -0.39 is 0 Å². The molecule has 8 nitrogen and oxygen atoms in total. The lowest BCUT2D eigenvalue weighted by Gasteiger charge is -2.39. The molecule has 30 heavy (non-hydrogen) atoms. The van der Waals surface area contributed by atoms with Gasteiger partial charge in [0.05, 0.1) is 5.56 Å². The number of carbonyl (C=O) groups is 2. The number of hydrogen-bond donors (Lipinski definition) is 0. The molecule has 0 radical (unpaired) electrons. The summed E-state index contributed by atoms with van der Waals surface area (Å²) < 4.78 is 5.30. The lowest BCUT2D eigenvalue weighted by molar-refractivity contribution is -0.132. The molecular formula is C22H31N5O3. The maximum Gasteiger partial charge on any atom is 0.255 e. The van der Waals surface area contributed by atoms with Crippen molar-refractivity contribution < 1.29 is 14.1 Å². The summed E-state index contributed by atoms with van der Waals surface area (Å²) in [6.45, 7) is 9.43. The number of carbonyl (C=O) groups excluding carboxylic acids is 2. The molecule has 1 saturated heterocycles. The van der Waals surface area contributed by atoms with E-state index in [1.54, 1.807) is 19.3 Å². The number of hydrogen-bond acceptors (Lipinski definition) is 6. The highest BCUT2D eigenvalue weighted by atomic mass is 16.5. The van der Waals surface area contributed by atoms with Gasteiger partial charge >= 0.3 is 0 Å². The molecule has 2 amide bonds. The van der Waals surface area contributed by atoms with Crippen molar-refractivity contribution in [3.63, 3.8) is 0 Å². The van der Waals surface area contributed by atoms with Crippen LogP contribution in [0.25, 0.3) is 0 Å². The topological polar surface area (TPSA) is 92.4 Å². The van der Waals surface area contributed by atoms with E-state index in [1.807, 2.05) is 22.8 Å². The van der Waals surface area contributed by atoms with Crippen LogP contribution in [0.1, 0.15) is 61.2 Å². The van der Waals surface area contributed by atoms with Gasteiger partial charge in [-0.3, -0.25) is 14.6 Å². The number of aromatic nitrogens is 3. The van der Waals surface area contributed by atoms with Crippen LogP contribution >= 0.6 is 0 Å². The SMILES string of the molecule is CC(=O)N(CCc1noc(CC(C)C)n1)C1CCCN(C(=O)c2cncc(C)c2)C1. The van der Waals surface area contributed by atoms with Gasteiger partial charge in [0.1, 0.15) is 0 Å². The molecule has 1 atom stereocenters. The maximum absolute atomic E-state index is 12.9. The Labute approximate surface area is 177 Å². The fourth-order valence-electron chi connectivity index (χ4n) is 3.89. The van der Waals surface area contributed by atoms with Gasteiger partial charge in [-0.15, -0.1) is 0 Å². The molecule has 0 aliphatic carbocycles. The third-order valence-electron chi connectivity index (χ3n) is 5.32. The number of aryl methyl sites for hydroxylation is 1. The van der Waals surface area contributed by atoms with Crippen LogP contribution in [0.4, 0.5) is 0 Å². The predicted molar refractivity (Wildman–Crippen MR) is 112 cm³/mol. The fraction of sp³-hybridized carbons (Fsp3) is 0.591. The second-order valence-electron chi connectivity index (χ2n) is 8.46. The van der Waals surface area contributed by atoms with Crippen LogP contribution in [0.3, 0.4) is 0 Å². The summed E-state index contributed by atoms with van der Waals surface area (Å²) in [5, 5.41) is 4.04. The van der Waals surface area contributed by atoms with E-state index >= 15 is 0 Å². The molecule has 1 aliphatic heterocycles. The van der Waals surface area contributed by atoms with Crippen LogP contribution in [0, 0.1) is 12.8 Å². The van der Waals surface area contributed by atoms with Crippen molar-refractivity contribution >= 4 is 11.8 Å². The Kier molecular flexibility index (Phi) is 7.18. The maximum atomic E-state index is 12.9. The highest BCUT2D eigenvalue weighted by Gasteiger charge is 2.30. The zero-order chi connectivity index (χ0) is 21.7. The van der Waals surface area contributed by atoms with Gasteiger partial charge in [-0.25, -0.2) is 0 Å². The summed E-state index contributed by atoms with van der Waals surface area (Å²) in [5.74, 6) is 1.66. The lowest BCUT2D eigenvalue weighted by Crippen LogP contribution is -2.51. The minimum atomic E-state index is -0.0316. The van der Waals surface area contributed by atoms with Crippen LogP contribution in [0.15, 0.2) is 23.0 Å². The van der Waals surface area contributed by atoms with Crippen LogP contribution in [-0.2, 0) is 17.6 Å². The molecule has 1 unspecified atom stereocenters. The Morgan fingerprint density at radius 1 is 1.33 bits per heavy atom. The second kappa shape index (κ2) is 9.82. The van der Waals surface area contributed by atoms with Crippen molar-refractivity contribution in [1.29, 1.82) is 0 Å². The summed E-state index contributed by atoms with van der Waals surface area (Å²) in [4.78, 5) is 37.5. The van der Waals surface area contributed by atoms with Crippen molar-refractivity contribution in [2.45, 2.75) is 59.4 Å². The van der Waals surface area contributed by atoms with E-state index in [9.17, 15) is 9.59 Å². The highest BCUT2D eigenvalue weighted by molar-refractivity contribution is 5.94. The van der Waals surface area contributed by atoms with Gasteiger partial charge in [0.25, 0.3) is 5.91 Å². The molecule has 0 aromatic carbocycles. The van der Waals surface area contributed by atoms with Crippen LogP contribution < -0.4 is 0 Å². The van der Waals surface area contributed by atoms with Gasteiger partial charge in [0.15, 0.2) is 5.82 Å². The summed E-state index contributed by atoms with van der Waals surface area (Å²) in [6, 6.07) is 1.84. The molecule has 0 saturated carbocycles. The molecule has 1 fully saturated rings. The van der Waals surface area contributed by atoms with E-state index in [-0.39, 0.29) is 17.9 Å². The number of piperidine rings is 1. The number of likely N-dealkylation sites (tertiary alicyclic amines) is 1. The number of nitrogens with zero attached hydrogens (tertiary/aromatic N) is 5. The molecular weight excluding hydrogens is 382 g/mol. The number of pyridine rings is 1. The molecule has 8 heteroatoms. The minimum Gasteiger partial charge on any atom is -0.339 e. The Morgan fingerprint density at radius 2 is 2.13 bits per heavy atom. The first-order valence-electron chi connectivity index (χ1n) is 10.6. The fourth-order valence-corrected chi connectivity index (χ4v) is 3.89. The molecule has 3 heterocycles. The third kappa shape index (κ3) is 5.64. The van der Waals surface area contributed by atoms with Crippen LogP contribution in [0.5, 0.6) is 0 Å². The lowest BCUT2D eigenvalue weighted by atomic mass is 10.0. The third-order valence-corrected chi connectivity index (χ3v) is 5.32. The van der Waals surface area contributed by atoms with Gasteiger partial charge in [0, 0.05) is 57.8 Å². The summed E-state index contributed by atoms with van der Waals surface area (Å²) in [5.41, 5.74) is 1.55. The van der Waals surface area contributed by atoms with E-state index in [0.717, 1.165) is 24.8 Å². The smallest absolute Gasteiger partial charge is 0.255 e. The van der Waals surface area contributed by atoms with Crippen molar-refractivity contribution in [1.82, 2.24) is 24.9 Å². The Balaban J connectivity index is 1.63. The Bertz CT molecular complexity index is 879. The zero-order valence-corrected chi connectivity index (χ0v) is 18.3.